The molecule has 0 radical (unpaired) electrons. The molecule has 0 aliphatic carbocycles. The molecule has 0 atom stereocenters. The minimum absolute atomic E-state index is 0.314. The fourth-order valence-electron chi connectivity index (χ4n) is 1.32. The SMILES string of the molecule is FC(F)(F)Oc1ncc(Br)c2ccccc12. The van der Waals surface area contributed by atoms with Crippen molar-refractivity contribution in [1.82, 2.24) is 4.98 Å². The van der Waals surface area contributed by atoms with Crippen LogP contribution < -0.4 is 4.74 Å². The maximum atomic E-state index is 12.1. The lowest BCUT2D eigenvalue weighted by molar-refractivity contribution is -0.275. The Labute approximate surface area is 97.2 Å². The van der Waals surface area contributed by atoms with Crippen molar-refractivity contribution in [3.8, 4) is 5.88 Å². The first-order valence-electron chi connectivity index (χ1n) is 4.26. The molecule has 1 heterocycles. The van der Waals surface area contributed by atoms with Gasteiger partial charge < -0.3 is 4.74 Å². The van der Waals surface area contributed by atoms with Gasteiger partial charge in [-0.25, -0.2) is 4.98 Å². The maximum Gasteiger partial charge on any atom is 0.574 e. The van der Waals surface area contributed by atoms with E-state index >= 15 is 0 Å². The Balaban J connectivity index is 2.59. The van der Waals surface area contributed by atoms with Crippen LogP contribution in [0.3, 0.4) is 0 Å². The number of ether oxygens (including phenoxy) is 1. The summed E-state index contributed by atoms with van der Waals surface area (Å²) >= 11 is 3.21. The van der Waals surface area contributed by atoms with E-state index in [4.69, 9.17) is 0 Å². The van der Waals surface area contributed by atoms with Crippen LogP contribution in [0.5, 0.6) is 5.88 Å². The minimum atomic E-state index is -4.73. The molecule has 1 aromatic heterocycles. The van der Waals surface area contributed by atoms with Crippen molar-refractivity contribution in [1.29, 1.82) is 0 Å². The number of benzene rings is 1. The second kappa shape index (κ2) is 3.93. The molecule has 0 bridgehead atoms. The lowest BCUT2D eigenvalue weighted by atomic mass is 10.2. The Bertz CT molecular complexity index is 527. The predicted molar refractivity (Wildman–Crippen MR) is 56.1 cm³/mol. The molecule has 2 aromatic rings. The van der Waals surface area contributed by atoms with Crippen LogP contribution in [0, 0.1) is 0 Å². The third-order valence-corrected chi connectivity index (χ3v) is 2.55. The monoisotopic (exact) mass is 291 g/mol. The topological polar surface area (TPSA) is 22.1 Å². The highest BCUT2D eigenvalue weighted by Crippen LogP contribution is 2.32. The van der Waals surface area contributed by atoms with E-state index in [1.807, 2.05) is 0 Å². The van der Waals surface area contributed by atoms with Crippen molar-refractivity contribution >= 4 is 26.7 Å². The molecule has 2 rings (SSSR count). The van der Waals surface area contributed by atoms with Gasteiger partial charge in [-0.15, -0.1) is 13.2 Å². The van der Waals surface area contributed by atoms with Gasteiger partial charge in [0, 0.05) is 21.4 Å². The van der Waals surface area contributed by atoms with Gasteiger partial charge in [0.1, 0.15) is 0 Å². The van der Waals surface area contributed by atoms with Crippen LogP contribution in [0.4, 0.5) is 13.2 Å². The molecule has 0 unspecified atom stereocenters. The summed E-state index contributed by atoms with van der Waals surface area (Å²) in [7, 11) is 0. The van der Waals surface area contributed by atoms with Crippen molar-refractivity contribution in [3.63, 3.8) is 0 Å². The molecule has 0 N–H and O–H groups in total. The van der Waals surface area contributed by atoms with Crippen LogP contribution in [-0.2, 0) is 0 Å². The van der Waals surface area contributed by atoms with E-state index in [1.165, 1.54) is 12.3 Å². The Kier molecular flexibility index (Phi) is 2.75. The zero-order valence-electron chi connectivity index (χ0n) is 7.75. The van der Waals surface area contributed by atoms with Crippen molar-refractivity contribution in [2.45, 2.75) is 6.36 Å². The highest BCUT2D eigenvalue weighted by Gasteiger charge is 2.32. The molecule has 0 amide bonds. The first kappa shape index (κ1) is 11.2. The largest absolute Gasteiger partial charge is 0.574 e. The minimum Gasteiger partial charge on any atom is -0.387 e. The number of rotatable bonds is 1. The van der Waals surface area contributed by atoms with E-state index in [0.29, 0.717) is 15.2 Å². The van der Waals surface area contributed by atoms with Crippen LogP contribution in [0.25, 0.3) is 10.8 Å². The number of pyridine rings is 1. The average molecular weight is 292 g/mol. The molecular weight excluding hydrogens is 287 g/mol. The smallest absolute Gasteiger partial charge is 0.387 e. The number of alkyl halides is 3. The van der Waals surface area contributed by atoms with Crippen molar-refractivity contribution in [3.05, 3.63) is 34.9 Å². The van der Waals surface area contributed by atoms with Gasteiger partial charge in [0.2, 0.25) is 5.88 Å². The average Bonchev–Trinajstić information content (AvgIpc) is 2.21. The summed E-state index contributed by atoms with van der Waals surface area (Å²) in [5.41, 5.74) is 0. The Morgan fingerprint density at radius 1 is 1.12 bits per heavy atom. The summed E-state index contributed by atoms with van der Waals surface area (Å²) in [6.45, 7) is 0. The van der Waals surface area contributed by atoms with Crippen LogP contribution in [0.1, 0.15) is 0 Å². The Hall–Kier alpha value is -1.30. The van der Waals surface area contributed by atoms with Gasteiger partial charge in [0.15, 0.2) is 0 Å². The molecule has 0 spiro atoms. The molecule has 0 fully saturated rings. The second-order valence-corrected chi connectivity index (χ2v) is 3.86. The van der Waals surface area contributed by atoms with E-state index in [-0.39, 0.29) is 0 Å². The molecule has 0 saturated heterocycles. The number of fused-ring (bicyclic) bond motifs is 1. The molecule has 84 valence electrons. The van der Waals surface area contributed by atoms with Crippen LogP contribution in [0.15, 0.2) is 34.9 Å². The highest BCUT2D eigenvalue weighted by molar-refractivity contribution is 9.10. The number of halogens is 4. The fraction of sp³-hybridized carbons (Fsp3) is 0.100. The molecule has 0 aliphatic heterocycles. The Morgan fingerprint density at radius 3 is 2.38 bits per heavy atom. The van der Waals surface area contributed by atoms with E-state index in [0.717, 1.165) is 0 Å². The van der Waals surface area contributed by atoms with Gasteiger partial charge in [-0.3, -0.25) is 0 Å². The van der Waals surface area contributed by atoms with Crippen LogP contribution in [-0.4, -0.2) is 11.3 Å². The lowest BCUT2D eigenvalue weighted by Crippen LogP contribution is -2.18. The van der Waals surface area contributed by atoms with E-state index in [9.17, 15) is 13.2 Å². The molecule has 0 aliphatic rings. The quantitative estimate of drug-likeness (QED) is 0.795. The highest BCUT2D eigenvalue weighted by atomic mass is 79.9. The van der Waals surface area contributed by atoms with Crippen LogP contribution in [0.2, 0.25) is 0 Å². The molecular formula is C10H5BrF3NO. The fourth-order valence-corrected chi connectivity index (χ4v) is 1.77. The summed E-state index contributed by atoms with van der Waals surface area (Å²) in [4.78, 5) is 3.60. The molecule has 2 nitrogen and oxygen atoms in total. The number of nitrogens with zero attached hydrogens (tertiary/aromatic N) is 1. The zero-order chi connectivity index (χ0) is 11.8. The van der Waals surface area contributed by atoms with Gasteiger partial charge in [-0.05, 0) is 22.0 Å². The molecule has 0 saturated carbocycles. The first-order chi connectivity index (χ1) is 7.47. The molecule has 1 aromatic carbocycles. The van der Waals surface area contributed by atoms with Gasteiger partial charge in [0.05, 0.1) is 0 Å². The lowest BCUT2D eigenvalue weighted by Gasteiger charge is -2.10. The predicted octanol–water partition coefficient (Wildman–Crippen LogP) is 3.90. The molecule has 6 heteroatoms. The van der Waals surface area contributed by atoms with Gasteiger partial charge in [-0.1, -0.05) is 18.2 Å². The van der Waals surface area contributed by atoms with Gasteiger partial charge >= 0.3 is 6.36 Å². The second-order valence-electron chi connectivity index (χ2n) is 3.00. The summed E-state index contributed by atoms with van der Waals surface area (Å²) in [6.07, 6.45) is -3.45. The Morgan fingerprint density at radius 2 is 1.75 bits per heavy atom. The number of hydrogen-bond donors (Lipinski definition) is 0. The maximum absolute atomic E-state index is 12.1. The third kappa shape index (κ3) is 2.27. The summed E-state index contributed by atoms with van der Waals surface area (Å²) in [6, 6.07) is 6.56. The van der Waals surface area contributed by atoms with E-state index < -0.39 is 12.2 Å². The van der Waals surface area contributed by atoms with E-state index in [1.54, 1.807) is 18.2 Å². The summed E-state index contributed by atoms with van der Waals surface area (Å²) < 4.78 is 40.7. The number of hydrogen-bond acceptors (Lipinski definition) is 2. The standard InChI is InChI=1S/C10H5BrF3NO/c11-8-5-15-9(16-10(12,13)14)7-4-2-1-3-6(7)8/h1-5H. The van der Waals surface area contributed by atoms with Crippen molar-refractivity contribution in [2.24, 2.45) is 0 Å². The number of aromatic nitrogens is 1. The van der Waals surface area contributed by atoms with Crippen molar-refractivity contribution < 1.29 is 17.9 Å². The summed E-state index contributed by atoms with van der Waals surface area (Å²) in [5, 5.41) is 0.936. The normalized spacial score (nSPS) is 11.8. The van der Waals surface area contributed by atoms with Crippen molar-refractivity contribution in [2.75, 3.05) is 0 Å². The molecule has 16 heavy (non-hydrogen) atoms. The first-order valence-corrected chi connectivity index (χ1v) is 5.06. The van der Waals surface area contributed by atoms with Crippen LogP contribution >= 0.6 is 15.9 Å². The third-order valence-electron chi connectivity index (χ3n) is 1.92. The summed E-state index contributed by atoms with van der Waals surface area (Å²) in [5.74, 6) is -0.439. The van der Waals surface area contributed by atoms with Gasteiger partial charge in [-0.2, -0.15) is 0 Å². The zero-order valence-corrected chi connectivity index (χ0v) is 9.34. The van der Waals surface area contributed by atoms with E-state index in [2.05, 4.69) is 25.7 Å². The van der Waals surface area contributed by atoms with Gasteiger partial charge in [0.25, 0.3) is 0 Å².